The minimum absolute atomic E-state index is 0.765. The molecule has 3 atom stereocenters. The molecule has 0 spiro atoms. The first-order chi connectivity index (χ1) is 9.22. The monoisotopic (exact) mass is 258 g/mol. The Labute approximate surface area is 117 Å². The normalized spacial score (nSPS) is 31.6. The van der Waals surface area contributed by atoms with Crippen LogP contribution < -0.4 is 5.32 Å². The highest BCUT2D eigenvalue weighted by atomic mass is 15.2. The van der Waals surface area contributed by atoms with Crippen LogP contribution >= 0.6 is 0 Å². The molecule has 3 unspecified atom stereocenters. The number of piperidine rings is 1. The molecule has 19 heavy (non-hydrogen) atoms. The Morgan fingerprint density at radius 1 is 1.26 bits per heavy atom. The van der Waals surface area contributed by atoms with E-state index in [1.54, 1.807) is 0 Å². The van der Waals surface area contributed by atoms with Crippen molar-refractivity contribution in [1.82, 2.24) is 4.90 Å². The van der Waals surface area contributed by atoms with E-state index in [2.05, 4.69) is 48.3 Å². The molecule has 0 radical (unpaired) electrons. The number of rotatable bonds is 2. The van der Waals surface area contributed by atoms with Crippen LogP contribution in [0.3, 0.4) is 0 Å². The van der Waals surface area contributed by atoms with E-state index in [0.29, 0.717) is 0 Å². The van der Waals surface area contributed by atoms with Crippen LogP contribution in [-0.4, -0.2) is 30.6 Å². The van der Waals surface area contributed by atoms with Gasteiger partial charge in [-0.2, -0.15) is 0 Å². The van der Waals surface area contributed by atoms with Gasteiger partial charge < -0.3 is 10.2 Å². The van der Waals surface area contributed by atoms with Crippen LogP contribution in [0.2, 0.25) is 0 Å². The van der Waals surface area contributed by atoms with E-state index in [9.17, 15) is 0 Å². The van der Waals surface area contributed by atoms with Gasteiger partial charge in [0.05, 0.1) is 0 Å². The SMILES string of the molecule is CC1CCN(CC2CNc3ccccc3C2)C(C)C1. The van der Waals surface area contributed by atoms with Crippen LogP contribution in [0.25, 0.3) is 0 Å². The van der Waals surface area contributed by atoms with Crippen molar-refractivity contribution in [3.63, 3.8) is 0 Å². The van der Waals surface area contributed by atoms with E-state index in [-0.39, 0.29) is 0 Å². The highest BCUT2D eigenvalue weighted by Gasteiger charge is 2.26. The Kier molecular flexibility index (Phi) is 3.79. The smallest absolute Gasteiger partial charge is 0.0372 e. The van der Waals surface area contributed by atoms with Gasteiger partial charge in [0.1, 0.15) is 0 Å². The molecule has 1 fully saturated rings. The quantitative estimate of drug-likeness (QED) is 0.874. The average Bonchev–Trinajstić information content (AvgIpc) is 2.42. The van der Waals surface area contributed by atoms with Gasteiger partial charge in [0.2, 0.25) is 0 Å². The Hall–Kier alpha value is -1.02. The van der Waals surface area contributed by atoms with E-state index in [1.165, 1.54) is 43.6 Å². The Bertz CT molecular complexity index is 429. The number of nitrogens with one attached hydrogen (secondary N) is 1. The summed E-state index contributed by atoms with van der Waals surface area (Å²) in [7, 11) is 0. The van der Waals surface area contributed by atoms with Crippen LogP contribution in [0, 0.1) is 11.8 Å². The third-order valence-corrected chi connectivity index (χ3v) is 4.88. The first-order valence-corrected chi connectivity index (χ1v) is 7.78. The van der Waals surface area contributed by atoms with Gasteiger partial charge in [-0.1, -0.05) is 25.1 Å². The van der Waals surface area contributed by atoms with Gasteiger partial charge in [-0.25, -0.2) is 0 Å². The number of anilines is 1. The molecule has 2 heterocycles. The van der Waals surface area contributed by atoms with Crippen molar-refractivity contribution in [1.29, 1.82) is 0 Å². The summed E-state index contributed by atoms with van der Waals surface area (Å²) in [4.78, 5) is 2.71. The number of para-hydroxylation sites is 1. The fourth-order valence-electron chi connectivity index (χ4n) is 3.70. The lowest BCUT2D eigenvalue weighted by atomic mass is 9.89. The lowest BCUT2D eigenvalue weighted by molar-refractivity contribution is 0.111. The van der Waals surface area contributed by atoms with Gasteiger partial charge >= 0.3 is 0 Å². The molecule has 2 aliphatic rings. The van der Waals surface area contributed by atoms with Gasteiger partial charge in [-0.15, -0.1) is 0 Å². The molecule has 0 aromatic heterocycles. The lowest BCUT2D eigenvalue weighted by Crippen LogP contribution is -2.44. The zero-order chi connectivity index (χ0) is 13.2. The van der Waals surface area contributed by atoms with Crippen LogP contribution in [0.15, 0.2) is 24.3 Å². The van der Waals surface area contributed by atoms with Crippen molar-refractivity contribution in [2.45, 2.75) is 39.2 Å². The zero-order valence-electron chi connectivity index (χ0n) is 12.2. The van der Waals surface area contributed by atoms with E-state index < -0.39 is 0 Å². The van der Waals surface area contributed by atoms with E-state index >= 15 is 0 Å². The molecule has 0 saturated carbocycles. The third-order valence-electron chi connectivity index (χ3n) is 4.88. The summed E-state index contributed by atoms with van der Waals surface area (Å²) in [5.74, 6) is 1.68. The number of hydrogen-bond donors (Lipinski definition) is 1. The third kappa shape index (κ3) is 2.94. The second-order valence-electron chi connectivity index (χ2n) is 6.58. The van der Waals surface area contributed by atoms with Gasteiger partial charge in [-0.05, 0) is 56.2 Å². The molecule has 104 valence electrons. The fourth-order valence-corrected chi connectivity index (χ4v) is 3.70. The van der Waals surface area contributed by atoms with Crippen molar-refractivity contribution in [3.8, 4) is 0 Å². The van der Waals surface area contributed by atoms with Gasteiger partial charge in [0.25, 0.3) is 0 Å². The summed E-state index contributed by atoms with van der Waals surface area (Å²) in [5, 5.41) is 3.60. The van der Waals surface area contributed by atoms with Crippen LogP contribution in [0.5, 0.6) is 0 Å². The maximum Gasteiger partial charge on any atom is 0.0372 e. The first kappa shape index (κ1) is 13.0. The summed E-state index contributed by atoms with van der Waals surface area (Å²) in [6, 6.07) is 9.53. The molecule has 1 saturated heterocycles. The maximum atomic E-state index is 3.60. The van der Waals surface area contributed by atoms with Gasteiger partial charge in [0.15, 0.2) is 0 Å². The number of likely N-dealkylation sites (tertiary alicyclic amines) is 1. The fraction of sp³-hybridized carbons (Fsp3) is 0.647. The van der Waals surface area contributed by atoms with Crippen molar-refractivity contribution in [2.24, 2.45) is 11.8 Å². The summed E-state index contributed by atoms with van der Waals surface area (Å²) in [6.45, 7) is 8.48. The summed E-state index contributed by atoms with van der Waals surface area (Å²) >= 11 is 0. The minimum Gasteiger partial charge on any atom is -0.384 e. The Morgan fingerprint density at radius 3 is 2.95 bits per heavy atom. The van der Waals surface area contributed by atoms with Crippen molar-refractivity contribution in [2.75, 3.05) is 25.0 Å². The molecule has 1 aromatic carbocycles. The molecule has 0 bridgehead atoms. The maximum absolute atomic E-state index is 3.60. The summed E-state index contributed by atoms with van der Waals surface area (Å²) in [6.07, 6.45) is 3.99. The predicted octanol–water partition coefficient (Wildman–Crippen LogP) is 3.39. The number of benzene rings is 1. The Balaban J connectivity index is 1.60. The van der Waals surface area contributed by atoms with Gasteiger partial charge in [0, 0.05) is 24.8 Å². The molecule has 0 amide bonds. The van der Waals surface area contributed by atoms with Crippen molar-refractivity contribution in [3.05, 3.63) is 29.8 Å². The summed E-state index contributed by atoms with van der Waals surface area (Å²) < 4.78 is 0. The summed E-state index contributed by atoms with van der Waals surface area (Å²) in [5.41, 5.74) is 2.84. The number of nitrogens with zero attached hydrogens (tertiary/aromatic N) is 1. The van der Waals surface area contributed by atoms with Crippen molar-refractivity contribution >= 4 is 5.69 Å². The molecule has 2 aliphatic heterocycles. The largest absolute Gasteiger partial charge is 0.384 e. The van der Waals surface area contributed by atoms with E-state index in [1.807, 2.05) is 0 Å². The van der Waals surface area contributed by atoms with Crippen molar-refractivity contribution < 1.29 is 0 Å². The van der Waals surface area contributed by atoms with Crippen LogP contribution in [0.1, 0.15) is 32.3 Å². The highest BCUT2D eigenvalue weighted by molar-refractivity contribution is 5.53. The van der Waals surface area contributed by atoms with E-state index in [0.717, 1.165) is 24.4 Å². The molecular weight excluding hydrogens is 232 g/mol. The molecule has 1 aromatic rings. The molecule has 2 nitrogen and oxygen atoms in total. The predicted molar refractivity (Wildman–Crippen MR) is 81.6 cm³/mol. The Morgan fingerprint density at radius 2 is 2.11 bits per heavy atom. The number of fused-ring (bicyclic) bond motifs is 1. The zero-order valence-corrected chi connectivity index (χ0v) is 12.2. The lowest BCUT2D eigenvalue weighted by Gasteiger charge is -2.39. The standard InChI is InChI=1S/C17H26N2/c1-13-7-8-19(14(2)9-13)12-15-10-16-5-3-4-6-17(16)18-11-15/h3-6,13-15,18H,7-12H2,1-2H3. The van der Waals surface area contributed by atoms with Crippen LogP contribution in [-0.2, 0) is 6.42 Å². The first-order valence-electron chi connectivity index (χ1n) is 7.78. The van der Waals surface area contributed by atoms with Gasteiger partial charge in [-0.3, -0.25) is 0 Å². The molecule has 0 aliphatic carbocycles. The second-order valence-corrected chi connectivity index (χ2v) is 6.58. The molecular formula is C17H26N2. The molecule has 1 N–H and O–H groups in total. The molecule has 3 rings (SSSR count). The highest BCUT2D eigenvalue weighted by Crippen LogP contribution is 2.27. The minimum atomic E-state index is 0.765. The van der Waals surface area contributed by atoms with Crippen LogP contribution in [0.4, 0.5) is 5.69 Å². The average molecular weight is 258 g/mol. The second kappa shape index (κ2) is 5.54. The topological polar surface area (TPSA) is 15.3 Å². The molecule has 2 heteroatoms. The van der Waals surface area contributed by atoms with E-state index in [4.69, 9.17) is 0 Å². The number of hydrogen-bond acceptors (Lipinski definition) is 2.